The first-order chi connectivity index (χ1) is 11.1. The molecule has 5 nitrogen and oxygen atoms in total. The number of carbonyl (C=O) groups excluding carboxylic acids is 2. The summed E-state index contributed by atoms with van der Waals surface area (Å²) < 4.78 is 0. The predicted molar refractivity (Wildman–Crippen MR) is 93.2 cm³/mol. The Balaban J connectivity index is 1.98. The van der Waals surface area contributed by atoms with Crippen molar-refractivity contribution in [3.63, 3.8) is 0 Å². The van der Waals surface area contributed by atoms with E-state index in [2.05, 4.69) is 16.0 Å². The summed E-state index contributed by atoms with van der Waals surface area (Å²) >= 11 is 5.79. The van der Waals surface area contributed by atoms with Gasteiger partial charge in [-0.1, -0.05) is 24.6 Å². The number of rotatable bonds is 5. The molecule has 0 aromatic heterocycles. The van der Waals surface area contributed by atoms with Gasteiger partial charge in [-0.2, -0.15) is 0 Å². The Bertz CT molecular complexity index is 686. The van der Waals surface area contributed by atoms with E-state index >= 15 is 0 Å². The molecule has 3 N–H and O–H groups in total. The molecule has 2 aromatic carbocycles. The number of hydrogen-bond acceptors (Lipinski definition) is 2. The summed E-state index contributed by atoms with van der Waals surface area (Å²) in [5, 5.41) is 8.78. The topological polar surface area (TPSA) is 70.2 Å². The van der Waals surface area contributed by atoms with Gasteiger partial charge in [0, 0.05) is 28.5 Å². The second kappa shape index (κ2) is 8.19. The highest BCUT2D eigenvalue weighted by Crippen LogP contribution is 2.15. The van der Waals surface area contributed by atoms with Crippen LogP contribution in [0.25, 0.3) is 0 Å². The maximum atomic E-state index is 12.0. The van der Waals surface area contributed by atoms with E-state index in [1.807, 2.05) is 6.92 Å². The summed E-state index contributed by atoms with van der Waals surface area (Å²) in [4.78, 5) is 23.9. The molecule has 0 spiro atoms. The van der Waals surface area contributed by atoms with Crippen LogP contribution in [0, 0.1) is 0 Å². The Kier molecular flexibility index (Phi) is 6.00. The Morgan fingerprint density at radius 3 is 2.39 bits per heavy atom. The van der Waals surface area contributed by atoms with Gasteiger partial charge in [0.1, 0.15) is 0 Å². The minimum Gasteiger partial charge on any atom is -0.352 e. The monoisotopic (exact) mass is 331 g/mol. The van der Waals surface area contributed by atoms with Crippen molar-refractivity contribution in [3.05, 3.63) is 59.1 Å². The lowest BCUT2D eigenvalue weighted by atomic mass is 10.2. The summed E-state index contributed by atoms with van der Waals surface area (Å²) in [5.41, 5.74) is 1.67. The number of nitrogens with one attached hydrogen (secondary N) is 3. The van der Waals surface area contributed by atoms with Crippen molar-refractivity contribution < 1.29 is 9.59 Å². The smallest absolute Gasteiger partial charge is 0.323 e. The van der Waals surface area contributed by atoms with Crippen LogP contribution in [0.4, 0.5) is 16.2 Å². The van der Waals surface area contributed by atoms with Gasteiger partial charge in [0.2, 0.25) is 0 Å². The third kappa shape index (κ3) is 5.30. The van der Waals surface area contributed by atoms with E-state index < -0.39 is 6.03 Å². The van der Waals surface area contributed by atoms with Crippen molar-refractivity contribution in [1.29, 1.82) is 0 Å². The SMILES string of the molecule is CCCNC(=O)c1cccc(NC(=O)Nc2ccc(Cl)cc2)c1. The summed E-state index contributed by atoms with van der Waals surface area (Å²) in [6.45, 7) is 2.60. The standard InChI is InChI=1S/C17H18ClN3O2/c1-2-10-19-16(22)12-4-3-5-15(11-12)21-17(23)20-14-8-6-13(18)7-9-14/h3-9,11H,2,10H2,1H3,(H,19,22)(H2,20,21,23). The largest absolute Gasteiger partial charge is 0.352 e. The van der Waals surface area contributed by atoms with Gasteiger partial charge in [0.15, 0.2) is 0 Å². The fourth-order valence-corrected chi connectivity index (χ4v) is 2.03. The van der Waals surface area contributed by atoms with Crippen LogP contribution in [0.15, 0.2) is 48.5 Å². The van der Waals surface area contributed by atoms with Crippen LogP contribution in [-0.2, 0) is 0 Å². The zero-order chi connectivity index (χ0) is 16.7. The Morgan fingerprint density at radius 2 is 1.70 bits per heavy atom. The molecule has 6 heteroatoms. The molecule has 0 aliphatic carbocycles. The number of urea groups is 1. The average Bonchev–Trinajstić information content (AvgIpc) is 2.55. The second-order valence-corrected chi connectivity index (χ2v) is 5.36. The first kappa shape index (κ1) is 16.8. The summed E-state index contributed by atoms with van der Waals surface area (Å²) in [6.07, 6.45) is 0.868. The van der Waals surface area contributed by atoms with Gasteiger partial charge in [-0.3, -0.25) is 4.79 Å². The molecule has 3 amide bonds. The number of carbonyl (C=O) groups is 2. The molecule has 0 unspecified atom stereocenters. The molecule has 2 aromatic rings. The molecule has 0 fully saturated rings. The van der Waals surface area contributed by atoms with Crippen molar-refractivity contribution in [2.45, 2.75) is 13.3 Å². The molecule has 0 aliphatic heterocycles. The van der Waals surface area contributed by atoms with Crippen LogP contribution in [-0.4, -0.2) is 18.5 Å². The van der Waals surface area contributed by atoms with Gasteiger partial charge in [-0.25, -0.2) is 4.79 Å². The molecule has 0 heterocycles. The zero-order valence-electron chi connectivity index (χ0n) is 12.7. The van der Waals surface area contributed by atoms with Gasteiger partial charge in [-0.15, -0.1) is 0 Å². The lowest BCUT2D eigenvalue weighted by Gasteiger charge is -2.09. The molecular formula is C17H18ClN3O2. The Labute approximate surface area is 140 Å². The van der Waals surface area contributed by atoms with E-state index in [4.69, 9.17) is 11.6 Å². The van der Waals surface area contributed by atoms with Crippen molar-refractivity contribution in [2.24, 2.45) is 0 Å². The third-order valence-corrected chi connectivity index (χ3v) is 3.27. The first-order valence-electron chi connectivity index (χ1n) is 7.30. The van der Waals surface area contributed by atoms with Crippen LogP contribution < -0.4 is 16.0 Å². The van der Waals surface area contributed by atoms with Crippen LogP contribution in [0.5, 0.6) is 0 Å². The fraction of sp³-hybridized carbons (Fsp3) is 0.176. The molecule has 23 heavy (non-hydrogen) atoms. The van der Waals surface area contributed by atoms with E-state index in [1.165, 1.54) is 0 Å². The normalized spacial score (nSPS) is 10.0. The molecule has 0 atom stereocenters. The molecular weight excluding hydrogens is 314 g/mol. The maximum Gasteiger partial charge on any atom is 0.323 e. The number of halogens is 1. The molecule has 0 saturated heterocycles. The molecule has 120 valence electrons. The van der Waals surface area contributed by atoms with E-state index in [0.717, 1.165) is 6.42 Å². The number of anilines is 2. The molecule has 0 aliphatic rings. The summed E-state index contributed by atoms with van der Waals surface area (Å²) in [6, 6.07) is 13.2. The van der Waals surface area contributed by atoms with Gasteiger partial charge >= 0.3 is 6.03 Å². The van der Waals surface area contributed by atoms with E-state index in [9.17, 15) is 9.59 Å². The third-order valence-electron chi connectivity index (χ3n) is 3.02. The maximum absolute atomic E-state index is 12.0. The Morgan fingerprint density at radius 1 is 1.00 bits per heavy atom. The lowest BCUT2D eigenvalue weighted by Crippen LogP contribution is -2.24. The zero-order valence-corrected chi connectivity index (χ0v) is 13.5. The van der Waals surface area contributed by atoms with Crippen LogP contribution in [0.1, 0.15) is 23.7 Å². The number of hydrogen-bond donors (Lipinski definition) is 3. The van der Waals surface area contributed by atoms with E-state index in [0.29, 0.717) is 28.5 Å². The van der Waals surface area contributed by atoms with Crippen LogP contribution in [0.2, 0.25) is 5.02 Å². The molecule has 0 radical (unpaired) electrons. The van der Waals surface area contributed by atoms with Crippen molar-refractivity contribution in [1.82, 2.24) is 5.32 Å². The molecule has 0 bridgehead atoms. The quantitative estimate of drug-likeness (QED) is 0.771. The second-order valence-electron chi connectivity index (χ2n) is 4.92. The van der Waals surface area contributed by atoms with Crippen molar-refractivity contribution in [3.8, 4) is 0 Å². The highest BCUT2D eigenvalue weighted by atomic mass is 35.5. The van der Waals surface area contributed by atoms with E-state index in [1.54, 1.807) is 48.5 Å². The van der Waals surface area contributed by atoms with Gasteiger partial charge in [0.25, 0.3) is 5.91 Å². The van der Waals surface area contributed by atoms with Gasteiger partial charge in [0.05, 0.1) is 0 Å². The highest BCUT2D eigenvalue weighted by molar-refractivity contribution is 6.30. The highest BCUT2D eigenvalue weighted by Gasteiger charge is 2.07. The van der Waals surface area contributed by atoms with Crippen molar-refractivity contribution >= 4 is 34.9 Å². The first-order valence-corrected chi connectivity index (χ1v) is 7.68. The minimum absolute atomic E-state index is 0.159. The van der Waals surface area contributed by atoms with Gasteiger partial charge < -0.3 is 16.0 Å². The fourth-order valence-electron chi connectivity index (χ4n) is 1.91. The number of amides is 3. The van der Waals surface area contributed by atoms with Crippen molar-refractivity contribution in [2.75, 3.05) is 17.2 Å². The molecule has 2 rings (SSSR count). The summed E-state index contributed by atoms with van der Waals surface area (Å²) in [5.74, 6) is -0.159. The molecule has 0 saturated carbocycles. The number of benzene rings is 2. The van der Waals surface area contributed by atoms with E-state index in [-0.39, 0.29) is 5.91 Å². The lowest BCUT2D eigenvalue weighted by molar-refractivity contribution is 0.0953. The summed E-state index contributed by atoms with van der Waals surface area (Å²) in [7, 11) is 0. The van der Waals surface area contributed by atoms with Crippen LogP contribution in [0.3, 0.4) is 0 Å². The minimum atomic E-state index is -0.390. The Hall–Kier alpha value is -2.53. The van der Waals surface area contributed by atoms with Gasteiger partial charge in [-0.05, 0) is 48.9 Å². The predicted octanol–water partition coefficient (Wildman–Crippen LogP) is 4.12. The average molecular weight is 332 g/mol. The van der Waals surface area contributed by atoms with Crippen LogP contribution >= 0.6 is 11.6 Å².